The molecule has 1 aromatic carbocycles. The second kappa shape index (κ2) is 6.33. The Kier molecular flexibility index (Phi) is 4.52. The van der Waals surface area contributed by atoms with E-state index in [-0.39, 0.29) is 12.3 Å². The van der Waals surface area contributed by atoms with Crippen LogP contribution in [0.2, 0.25) is 0 Å². The van der Waals surface area contributed by atoms with Gasteiger partial charge < -0.3 is 10.1 Å². The van der Waals surface area contributed by atoms with Gasteiger partial charge in [0, 0.05) is 6.20 Å². The van der Waals surface area contributed by atoms with E-state index in [1.54, 1.807) is 19.4 Å². The number of anilines is 1. The zero-order valence-corrected chi connectivity index (χ0v) is 12.0. The number of aromatic nitrogens is 1. The number of carbonyl (C=O) groups excluding carboxylic acids is 1. The van der Waals surface area contributed by atoms with Crippen molar-refractivity contribution in [2.45, 2.75) is 6.42 Å². The number of nitrogens with zero attached hydrogens (tertiary/aromatic N) is 1. The van der Waals surface area contributed by atoms with Gasteiger partial charge in [0.2, 0.25) is 5.91 Å². The Labute approximate surface area is 119 Å². The van der Waals surface area contributed by atoms with E-state index < -0.39 is 0 Å². The average molecular weight is 321 g/mol. The molecule has 19 heavy (non-hydrogen) atoms. The Morgan fingerprint density at radius 1 is 1.37 bits per heavy atom. The Balaban J connectivity index is 2.03. The molecule has 0 fully saturated rings. The molecule has 0 aliphatic heterocycles. The van der Waals surface area contributed by atoms with Gasteiger partial charge in [-0.1, -0.05) is 12.1 Å². The minimum absolute atomic E-state index is 0.118. The van der Waals surface area contributed by atoms with Crippen molar-refractivity contribution in [1.29, 1.82) is 0 Å². The maximum Gasteiger partial charge on any atom is 0.229 e. The van der Waals surface area contributed by atoms with Crippen LogP contribution in [0, 0.1) is 0 Å². The van der Waals surface area contributed by atoms with Crippen LogP contribution in [-0.4, -0.2) is 18.0 Å². The minimum Gasteiger partial charge on any atom is -0.497 e. The lowest BCUT2D eigenvalue weighted by Crippen LogP contribution is -2.15. The first kappa shape index (κ1) is 13.5. The SMILES string of the molecule is COc1cccc(CC(=O)Nc2ncccc2Br)c1. The molecule has 0 bridgehead atoms. The fourth-order valence-corrected chi connectivity index (χ4v) is 1.98. The third-order valence-corrected chi connectivity index (χ3v) is 3.16. The summed E-state index contributed by atoms with van der Waals surface area (Å²) in [6, 6.07) is 11.0. The maximum atomic E-state index is 11.9. The van der Waals surface area contributed by atoms with E-state index in [2.05, 4.69) is 26.2 Å². The van der Waals surface area contributed by atoms with Crippen LogP contribution in [0.15, 0.2) is 47.1 Å². The van der Waals surface area contributed by atoms with Crippen LogP contribution in [0.4, 0.5) is 5.82 Å². The summed E-state index contributed by atoms with van der Waals surface area (Å²) in [4.78, 5) is 16.0. The van der Waals surface area contributed by atoms with Gasteiger partial charge in [-0.25, -0.2) is 4.98 Å². The predicted octanol–water partition coefficient (Wildman–Crippen LogP) is 3.03. The number of benzene rings is 1. The summed E-state index contributed by atoms with van der Waals surface area (Å²) in [6.45, 7) is 0. The van der Waals surface area contributed by atoms with Crippen LogP contribution in [0.3, 0.4) is 0 Å². The quantitative estimate of drug-likeness (QED) is 0.942. The molecular formula is C14H13BrN2O2. The standard InChI is InChI=1S/C14H13BrN2O2/c1-19-11-5-2-4-10(8-11)9-13(18)17-14-12(15)6-3-7-16-14/h2-8H,9H2,1H3,(H,16,17,18). The minimum atomic E-state index is -0.118. The van der Waals surface area contributed by atoms with Gasteiger partial charge >= 0.3 is 0 Å². The van der Waals surface area contributed by atoms with Gasteiger partial charge in [0.25, 0.3) is 0 Å². The fraction of sp³-hybridized carbons (Fsp3) is 0.143. The number of rotatable bonds is 4. The molecule has 5 heteroatoms. The van der Waals surface area contributed by atoms with E-state index in [0.717, 1.165) is 15.8 Å². The number of pyridine rings is 1. The molecule has 0 aliphatic carbocycles. The number of amides is 1. The van der Waals surface area contributed by atoms with E-state index >= 15 is 0 Å². The number of nitrogens with one attached hydrogen (secondary N) is 1. The van der Waals surface area contributed by atoms with Crippen LogP contribution in [0.25, 0.3) is 0 Å². The average Bonchev–Trinajstić information content (AvgIpc) is 2.41. The van der Waals surface area contributed by atoms with E-state index in [0.29, 0.717) is 5.82 Å². The molecule has 1 aromatic heterocycles. The second-order valence-electron chi connectivity index (χ2n) is 3.91. The van der Waals surface area contributed by atoms with Gasteiger partial charge in [0.15, 0.2) is 0 Å². The van der Waals surface area contributed by atoms with Crippen molar-refractivity contribution in [2.75, 3.05) is 12.4 Å². The molecule has 0 aliphatic rings. The van der Waals surface area contributed by atoms with Crippen LogP contribution in [0.5, 0.6) is 5.75 Å². The summed E-state index contributed by atoms with van der Waals surface area (Å²) in [6.07, 6.45) is 1.91. The molecule has 0 radical (unpaired) electrons. The van der Waals surface area contributed by atoms with Crippen molar-refractivity contribution in [1.82, 2.24) is 4.98 Å². The fourth-order valence-electron chi connectivity index (χ4n) is 1.62. The van der Waals surface area contributed by atoms with Gasteiger partial charge in [0.05, 0.1) is 18.0 Å². The van der Waals surface area contributed by atoms with E-state index in [9.17, 15) is 4.79 Å². The van der Waals surface area contributed by atoms with Crippen LogP contribution >= 0.6 is 15.9 Å². The second-order valence-corrected chi connectivity index (χ2v) is 4.76. The smallest absolute Gasteiger partial charge is 0.229 e. The first-order chi connectivity index (χ1) is 9.19. The molecule has 1 heterocycles. The van der Waals surface area contributed by atoms with Crippen LogP contribution in [0.1, 0.15) is 5.56 Å². The van der Waals surface area contributed by atoms with E-state index in [1.165, 1.54) is 0 Å². The van der Waals surface area contributed by atoms with Crippen LogP contribution < -0.4 is 10.1 Å². The van der Waals surface area contributed by atoms with Gasteiger partial charge in [-0.3, -0.25) is 4.79 Å². The molecule has 1 amide bonds. The van der Waals surface area contributed by atoms with Gasteiger partial charge in [-0.15, -0.1) is 0 Å². The summed E-state index contributed by atoms with van der Waals surface area (Å²) in [5.41, 5.74) is 0.893. The first-order valence-electron chi connectivity index (χ1n) is 5.72. The lowest BCUT2D eigenvalue weighted by molar-refractivity contribution is -0.115. The van der Waals surface area contributed by atoms with Crippen molar-refractivity contribution in [3.8, 4) is 5.75 Å². The summed E-state index contributed by atoms with van der Waals surface area (Å²) in [5.74, 6) is 1.15. The Morgan fingerprint density at radius 3 is 2.95 bits per heavy atom. The molecule has 4 nitrogen and oxygen atoms in total. The third-order valence-electron chi connectivity index (χ3n) is 2.52. The van der Waals surface area contributed by atoms with Crippen molar-refractivity contribution >= 4 is 27.7 Å². The third kappa shape index (κ3) is 3.79. The van der Waals surface area contributed by atoms with Gasteiger partial charge in [-0.05, 0) is 45.8 Å². The molecule has 0 saturated carbocycles. The summed E-state index contributed by atoms with van der Waals surface area (Å²) < 4.78 is 5.88. The monoisotopic (exact) mass is 320 g/mol. The van der Waals surface area contributed by atoms with Gasteiger partial charge in [-0.2, -0.15) is 0 Å². The zero-order chi connectivity index (χ0) is 13.7. The Morgan fingerprint density at radius 2 is 2.21 bits per heavy atom. The highest BCUT2D eigenvalue weighted by Crippen LogP contribution is 2.19. The first-order valence-corrected chi connectivity index (χ1v) is 6.51. The molecule has 2 rings (SSSR count). The van der Waals surface area contributed by atoms with E-state index in [1.807, 2.05) is 30.3 Å². The normalized spacial score (nSPS) is 10.0. The zero-order valence-electron chi connectivity index (χ0n) is 10.4. The molecule has 0 saturated heterocycles. The molecule has 1 N–H and O–H groups in total. The topological polar surface area (TPSA) is 51.2 Å². The summed E-state index contributed by atoms with van der Waals surface area (Å²) in [5, 5.41) is 2.76. The predicted molar refractivity (Wildman–Crippen MR) is 77.3 cm³/mol. The molecule has 0 atom stereocenters. The number of hydrogen-bond donors (Lipinski definition) is 1. The van der Waals surface area contributed by atoms with Crippen LogP contribution in [-0.2, 0) is 11.2 Å². The molecule has 0 unspecified atom stereocenters. The van der Waals surface area contributed by atoms with Gasteiger partial charge in [0.1, 0.15) is 11.6 Å². The highest BCUT2D eigenvalue weighted by atomic mass is 79.9. The van der Waals surface area contributed by atoms with Crippen molar-refractivity contribution in [3.63, 3.8) is 0 Å². The van der Waals surface area contributed by atoms with Crippen molar-refractivity contribution < 1.29 is 9.53 Å². The highest BCUT2D eigenvalue weighted by Gasteiger charge is 2.07. The Hall–Kier alpha value is -1.88. The lowest BCUT2D eigenvalue weighted by atomic mass is 10.1. The number of methoxy groups -OCH3 is 1. The summed E-state index contributed by atoms with van der Waals surface area (Å²) in [7, 11) is 1.60. The van der Waals surface area contributed by atoms with E-state index in [4.69, 9.17) is 4.74 Å². The number of halogens is 1. The lowest BCUT2D eigenvalue weighted by Gasteiger charge is -2.07. The molecule has 0 spiro atoms. The number of carbonyl (C=O) groups is 1. The molecule has 98 valence electrons. The maximum absolute atomic E-state index is 11.9. The Bertz CT molecular complexity index is 587. The number of ether oxygens (including phenoxy) is 1. The highest BCUT2D eigenvalue weighted by molar-refractivity contribution is 9.10. The largest absolute Gasteiger partial charge is 0.497 e. The van der Waals surface area contributed by atoms with Crippen molar-refractivity contribution in [3.05, 3.63) is 52.6 Å². The number of hydrogen-bond acceptors (Lipinski definition) is 3. The summed E-state index contributed by atoms with van der Waals surface area (Å²) >= 11 is 3.34. The molecular weight excluding hydrogens is 308 g/mol. The molecule has 2 aromatic rings. The van der Waals surface area contributed by atoms with Crippen molar-refractivity contribution in [2.24, 2.45) is 0 Å².